The number of hydrogen-bond donors (Lipinski definition) is 1. The number of carbonyl (C=O) groups excluding carboxylic acids is 1. The standard InChI is InChI=1S/C19H26N2O4/c1-23-18-12-15(13-20)8-9-17(18)25-14-19(22)21-10-5-11-24-16-6-3-2-4-7-16/h8-9,12,16H,2-7,10-11,14H2,1H3,(H,21,22). The minimum atomic E-state index is -0.191. The zero-order valence-corrected chi connectivity index (χ0v) is 14.8. The van der Waals surface area contributed by atoms with E-state index in [4.69, 9.17) is 19.5 Å². The minimum Gasteiger partial charge on any atom is -0.493 e. The van der Waals surface area contributed by atoms with Gasteiger partial charge in [0.15, 0.2) is 18.1 Å². The quantitative estimate of drug-likeness (QED) is 0.696. The highest BCUT2D eigenvalue weighted by atomic mass is 16.5. The summed E-state index contributed by atoms with van der Waals surface area (Å²) in [6.07, 6.45) is 7.35. The van der Waals surface area contributed by atoms with Gasteiger partial charge in [-0.25, -0.2) is 0 Å². The highest BCUT2D eigenvalue weighted by Gasteiger charge is 2.13. The van der Waals surface area contributed by atoms with E-state index in [-0.39, 0.29) is 12.5 Å². The van der Waals surface area contributed by atoms with Crippen LogP contribution in [0.3, 0.4) is 0 Å². The van der Waals surface area contributed by atoms with Crippen molar-refractivity contribution >= 4 is 5.91 Å². The van der Waals surface area contributed by atoms with Crippen molar-refractivity contribution in [3.63, 3.8) is 0 Å². The number of benzene rings is 1. The Bertz CT molecular complexity index is 592. The maximum absolute atomic E-state index is 11.8. The molecule has 0 aromatic heterocycles. The van der Waals surface area contributed by atoms with E-state index in [1.165, 1.54) is 26.4 Å². The molecule has 0 aliphatic heterocycles. The van der Waals surface area contributed by atoms with Crippen molar-refractivity contribution in [3.05, 3.63) is 23.8 Å². The third-order valence-electron chi connectivity index (χ3n) is 4.20. The van der Waals surface area contributed by atoms with E-state index in [1.807, 2.05) is 6.07 Å². The zero-order valence-electron chi connectivity index (χ0n) is 14.8. The summed E-state index contributed by atoms with van der Waals surface area (Å²) in [4.78, 5) is 11.8. The summed E-state index contributed by atoms with van der Waals surface area (Å²) in [5, 5.41) is 11.7. The Hall–Kier alpha value is -2.26. The van der Waals surface area contributed by atoms with Gasteiger partial charge in [0.2, 0.25) is 0 Å². The highest BCUT2D eigenvalue weighted by molar-refractivity contribution is 5.77. The molecule has 6 heteroatoms. The molecule has 1 aliphatic carbocycles. The van der Waals surface area contributed by atoms with Crippen LogP contribution in [0.1, 0.15) is 44.1 Å². The lowest BCUT2D eigenvalue weighted by molar-refractivity contribution is -0.123. The van der Waals surface area contributed by atoms with E-state index < -0.39 is 0 Å². The van der Waals surface area contributed by atoms with Crippen LogP contribution in [0.25, 0.3) is 0 Å². The van der Waals surface area contributed by atoms with Gasteiger partial charge in [-0.1, -0.05) is 19.3 Å². The fourth-order valence-corrected chi connectivity index (χ4v) is 2.83. The van der Waals surface area contributed by atoms with Crippen LogP contribution in [-0.4, -0.2) is 38.9 Å². The smallest absolute Gasteiger partial charge is 0.257 e. The molecule has 0 bridgehead atoms. The summed E-state index contributed by atoms with van der Waals surface area (Å²) >= 11 is 0. The Morgan fingerprint density at radius 3 is 2.80 bits per heavy atom. The van der Waals surface area contributed by atoms with E-state index in [9.17, 15) is 4.79 Å². The van der Waals surface area contributed by atoms with Gasteiger partial charge in [0.05, 0.1) is 24.8 Å². The number of nitriles is 1. The van der Waals surface area contributed by atoms with Gasteiger partial charge in [-0.2, -0.15) is 5.26 Å². The van der Waals surface area contributed by atoms with Gasteiger partial charge in [0, 0.05) is 19.2 Å². The average molecular weight is 346 g/mol. The molecule has 1 fully saturated rings. The van der Waals surface area contributed by atoms with Gasteiger partial charge in [0.25, 0.3) is 5.91 Å². The summed E-state index contributed by atoms with van der Waals surface area (Å²) in [6, 6.07) is 6.86. The molecule has 1 saturated carbocycles. The Labute approximate surface area is 149 Å². The molecule has 0 saturated heterocycles. The van der Waals surface area contributed by atoms with Gasteiger partial charge in [-0.3, -0.25) is 4.79 Å². The van der Waals surface area contributed by atoms with Gasteiger partial charge >= 0.3 is 0 Å². The minimum absolute atomic E-state index is 0.0915. The van der Waals surface area contributed by atoms with Crippen LogP contribution in [0.5, 0.6) is 11.5 Å². The molecule has 1 aromatic carbocycles. The normalized spacial score (nSPS) is 14.6. The van der Waals surface area contributed by atoms with E-state index in [2.05, 4.69) is 5.32 Å². The Kier molecular flexibility index (Phi) is 8.06. The van der Waals surface area contributed by atoms with Crippen molar-refractivity contribution in [1.29, 1.82) is 5.26 Å². The molecule has 0 heterocycles. The van der Waals surface area contributed by atoms with Crippen LogP contribution in [-0.2, 0) is 9.53 Å². The molecular formula is C19H26N2O4. The van der Waals surface area contributed by atoms with Crippen molar-refractivity contribution in [1.82, 2.24) is 5.32 Å². The van der Waals surface area contributed by atoms with E-state index in [0.717, 1.165) is 19.3 Å². The van der Waals surface area contributed by atoms with E-state index in [1.54, 1.807) is 18.2 Å². The number of nitrogens with one attached hydrogen (secondary N) is 1. The first-order valence-corrected chi connectivity index (χ1v) is 8.82. The monoisotopic (exact) mass is 346 g/mol. The largest absolute Gasteiger partial charge is 0.493 e. The van der Waals surface area contributed by atoms with Crippen molar-refractivity contribution < 1.29 is 19.0 Å². The number of amides is 1. The summed E-state index contributed by atoms with van der Waals surface area (Å²) in [5.41, 5.74) is 0.478. The molecule has 25 heavy (non-hydrogen) atoms. The van der Waals surface area contributed by atoms with E-state index >= 15 is 0 Å². The van der Waals surface area contributed by atoms with Crippen molar-refractivity contribution in [3.8, 4) is 17.6 Å². The molecular weight excluding hydrogens is 320 g/mol. The summed E-state index contributed by atoms with van der Waals surface area (Å²) in [5.74, 6) is 0.689. The molecule has 1 N–H and O–H groups in total. The molecule has 6 nitrogen and oxygen atoms in total. The second-order valence-corrected chi connectivity index (χ2v) is 6.10. The lowest BCUT2D eigenvalue weighted by Crippen LogP contribution is -2.30. The number of hydrogen-bond acceptors (Lipinski definition) is 5. The van der Waals surface area contributed by atoms with Crippen LogP contribution < -0.4 is 14.8 Å². The molecule has 0 atom stereocenters. The Morgan fingerprint density at radius 1 is 1.28 bits per heavy atom. The maximum atomic E-state index is 11.8. The third kappa shape index (κ3) is 6.63. The second-order valence-electron chi connectivity index (χ2n) is 6.10. The van der Waals surface area contributed by atoms with Crippen molar-refractivity contribution in [2.24, 2.45) is 0 Å². The number of carbonyl (C=O) groups is 1. The Balaban J connectivity index is 1.61. The molecule has 1 amide bonds. The highest BCUT2D eigenvalue weighted by Crippen LogP contribution is 2.27. The summed E-state index contributed by atoms with van der Waals surface area (Å²) in [7, 11) is 1.50. The lowest BCUT2D eigenvalue weighted by Gasteiger charge is -2.21. The molecule has 1 aromatic rings. The molecule has 0 unspecified atom stereocenters. The van der Waals surface area contributed by atoms with Crippen molar-refractivity contribution in [2.75, 3.05) is 26.9 Å². The number of rotatable bonds is 9. The predicted molar refractivity (Wildman–Crippen MR) is 93.7 cm³/mol. The molecule has 0 spiro atoms. The van der Waals surface area contributed by atoms with Crippen LogP contribution in [0.4, 0.5) is 0 Å². The third-order valence-corrected chi connectivity index (χ3v) is 4.20. The summed E-state index contributed by atoms with van der Waals surface area (Å²) < 4.78 is 16.5. The number of nitrogens with zero attached hydrogens (tertiary/aromatic N) is 1. The average Bonchev–Trinajstić information content (AvgIpc) is 2.66. The van der Waals surface area contributed by atoms with Gasteiger partial charge in [-0.05, 0) is 31.4 Å². The van der Waals surface area contributed by atoms with Gasteiger partial charge in [0.1, 0.15) is 0 Å². The van der Waals surface area contributed by atoms with Crippen LogP contribution in [0.15, 0.2) is 18.2 Å². The Morgan fingerprint density at radius 2 is 2.08 bits per heavy atom. The number of ether oxygens (including phenoxy) is 3. The summed E-state index contributed by atoms with van der Waals surface area (Å²) in [6.45, 7) is 1.15. The lowest BCUT2D eigenvalue weighted by atomic mass is 9.98. The molecule has 1 aliphatic rings. The predicted octanol–water partition coefficient (Wildman–Crippen LogP) is 2.80. The van der Waals surface area contributed by atoms with Crippen LogP contribution in [0, 0.1) is 11.3 Å². The first kappa shape index (κ1) is 19.1. The first-order valence-electron chi connectivity index (χ1n) is 8.82. The molecule has 2 rings (SSSR count). The van der Waals surface area contributed by atoms with E-state index in [0.29, 0.717) is 36.3 Å². The SMILES string of the molecule is COc1cc(C#N)ccc1OCC(=O)NCCCOC1CCCCC1. The topological polar surface area (TPSA) is 80.6 Å². The van der Waals surface area contributed by atoms with Crippen LogP contribution >= 0.6 is 0 Å². The van der Waals surface area contributed by atoms with Crippen LogP contribution in [0.2, 0.25) is 0 Å². The van der Waals surface area contributed by atoms with Crippen molar-refractivity contribution in [2.45, 2.75) is 44.6 Å². The zero-order chi connectivity index (χ0) is 17.9. The van der Waals surface area contributed by atoms with Gasteiger partial charge in [-0.15, -0.1) is 0 Å². The maximum Gasteiger partial charge on any atom is 0.257 e. The van der Waals surface area contributed by atoms with Gasteiger partial charge < -0.3 is 19.5 Å². The first-order chi connectivity index (χ1) is 12.2. The fourth-order valence-electron chi connectivity index (χ4n) is 2.83. The molecule has 0 radical (unpaired) electrons. The fraction of sp³-hybridized carbons (Fsp3) is 0.579. The molecule has 136 valence electrons. The second kappa shape index (κ2) is 10.6. The number of methoxy groups -OCH3 is 1.